The van der Waals surface area contributed by atoms with Gasteiger partial charge in [-0.1, -0.05) is 67.8 Å². The van der Waals surface area contributed by atoms with Gasteiger partial charge in [0.15, 0.2) is 0 Å². The molecular formula is C27H30N4O4. The average Bonchev–Trinajstić information content (AvgIpc) is 3.30. The van der Waals surface area contributed by atoms with Crippen LogP contribution in [0.4, 0.5) is 10.5 Å². The first-order valence-corrected chi connectivity index (χ1v) is 12.1. The molecule has 1 aliphatic carbocycles. The lowest BCUT2D eigenvalue weighted by atomic mass is 9.80. The van der Waals surface area contributed by atoms with Gasteiger partial charge in [0.05, 0.1) is 12.0 Å². The molecule has 2 aliphatic rings. The van der Waals surface area contributed by atoms with Crippen LogP contribution in [0, 0.1) is 23.2 Å². The summed E-state index contributed by atoms with van der Waals surface area (Å²) < 4.78 is 5.33. The number of nitrogens with one attached hydrogen (secondary N) is 2. The Bertz CT molecular complexity index is 1070. The fourth-order valence-corrected chi connectivity index (χ4v) is 4.55. The van der Waals surface area contributed by atoms with Crippen LogP contribution in [0.2, 0.25) is 0 Å². The molecule has 1 aliphatic heterocycles. The van der Waals surface area contributed by atoms with E-state index in [0.717, 1.165) is 24.8 Å². The van der Waals surface area contributed by atoms with Crippen molar-refractivity contribution in [3.05, 3.63) is 66.2 Å². The van der Waals surface area contributed by atoms with Gasteiger partial charge in [-0.05, 0) is 36.5 Å². The standard InChI is InChI=1S/C27H30N4O4/c28-16-23-15-21(25(32)29-22-12-5-2-6-13-22)17-31(23)26(33)24(14-19-10-7-11-19)30-27(34)35-18-20-8-3-1-4-9-20/h1-6,8-9,12-13,19,21,23-24H,7,10-11,14-15,17-18H2,(H,29,32)(H,30,34). The molecule has 2 fully saturated rings. The number of para-hydroxylation sites is 1. The number of alkyl carbamates (subject to hydrolysis) is 1. The minimum absolute atomic E-state index is 0.100. The third kappa shape index (κ3) is 6.38. The number of anilines is 1. The number of carbonyl (C=O) groups is 3. The maximum absolute atomic E-state index is 13.5. The van der Waals surface area contributed by atoms with E-state index in [2.05, 4.69) is 16.7 Å². The van der Waals surface area contributed by atoms with Crippen LogP contribution in [0.5, 0.6) is 0 Å². The van der Waals surface area contributed by atoms with Crippen molar-refractivity contribution < 1.29 is 19.1 Å². The van der Waals surface area contributed by atoms with Gasteiger partial charge in [-0.2, -0.15) is 5.26 Å². The first-order valence-electron chi connectivity index (χ1n) is 12.1. The highest BCUT2D eigenvalue weighted by molar-refractivity contribution is 5.94. The Hall–Kier alpha value is -3.86. The molecule has 3 atom stereocenters. The van der Waals surface area contributed by atoms with Gasteiger partial charge in [0.1, 0.15) is 18.7 Å². The highest BCUT2D eigenvalue weighted by atomic mass is 16.5. The number of likely N-dealkylation sites (tertiary alicyclic amines) is 1. The zero-order valence-electron chi connectivity index (χ0n) is 19.6. The topological polar surface area (TPSA) is 112 Å². The van der Waals surface area contributed by atoms with Gasteiger partial charge in [0, 0.05) is 12.2 Å². The molecule has 2 aromatic rings. The molecule has 8 heteroatoms. The zero-order chi connectivity index (χ0) is 24.6. The number of hydrogen-bond acceptors (Lipinski definition) is 5. The molecule has 0 spiro atoms. The summed E-state index contributed by atoms with van der Waals surface area (Å²) in [5.74, 6) is -0.718. The maximum Gasteiger partial charge on any atom is 0.408 e. The van der Waals surface area contributed by atoms with Gasteiger partial charge < -0.3 is 20.3 Å². The Balaban J connectivity index is 1.39. The van der Waals surface area contributed by atoms with Gasteiger partial charge in [0.25, 0.3) is 0 Å². The molecule has 2 aromatic carbocycles. The van der Waals surface area contributed by atoms with Gasteiger partial charge in [-0.3, -0.25) is 9.59 Å². The normalized spacial score (nSPS) is 20.3. The molecule has 0 bridgehead atoms. The van der Waals surface area contributed by atoms with E-state index in [0.29, 0.717) is 18.0 Å². The quantitative estimate of drug-likeness (QED) is 0.604. The number of nitriles is 1. The van der Waals surface area contributed by atoms with Crippen LogP contribution in [-0.4, -0.2) is 41.4 Å². The summed E-state index contributed by atoms with van der Waals surface area (Å²) in [6, 6.07) is 19.0. The molecule has 2 N–H and O–H groups in total. The Kier molecular flexibility index (Phi) is 7.99. The van der Waals surface area contributed by atoms with E-state index in [4.69, 9.17) is 4.74 Å². The monoisotopic (exact) mass is 474 g/mol. The fraction of sp³-hybridized carbons (Fsp3) is 0.407. The maximum atomic E-state index is 13.5. The molecule has 4 rings (SSSR count). The number of hydrogen-bond donors (Lipinski definition) is 2. The molecule has 35 heavy (non-hydrogen) atoms. The largest absolute Gasteiger partial charge is 0.445 e. The molecule has 3 unspecified atom stereocenters. The van der Waals surface area contributed by atoms with Crippen molar-refractivity contribution in [3.63, 3.8) is 0 Å². The van der Waals surface area contributed by atoms with Crippen LogP contribution in [0.1, 0.15) is 37.7 Å². The van der Waals surface area contributed by atoms with E-state index in [1.807, 2.05) is 48.5 Å². The summed E-state index contributed by atoms with van der Waals surface area (Å²) in [5, 5.41) is 15.3. The van der Waals surface area contributed by atoms with Gasteiger partial charge >= 0.3 is 6.09 Å². The summed E-state index contributed by atoms with van der Waals surface area (Å²) in [7, 11) is 0. The number of nitrogens with zero attached hydrogens (tertiary/aromatic N) is 2. The summed E-state index contributed by atoms with van der Waals surface area (Å²) in [5.41, 5.74) is 1.52. The molecular weight excluding hydrogens is 444 g/mol. The molecule has 3 amide bonds. The predicted octanol–water partition coefficient (Wildman–Crippen LogP) is 3.85. The van der Waals surface area contributed by atoms with E-state index in [9.17, 15) is 19.6 Å². The molecule has 182 valence electrons. The number of carbonyl (C=O) groups excluding carboxylic acids is 3. The van der Waals surface area contributed by atoms with Crippen molar-refractivity contribution in [1.82, 2.24) is 10.2 Å². The van der Waals surface area contributed by atoms with Gasteiger partial charge in [-0.15, -0.1) is 0 Å². The van der Waals surface area contributed by atoms with E-state index in [-0.39, 0.29) is 31.4 Å². The Morgan fingerprint density at radius 1 is 1.06 bits per heavy atom. The third-order valence-corrected chi connectivity index (χ3v) is 6.74. The molecule has 1 heterocycles. The summed E-state index contributed by atoms with van der Waals surface area (Å²) >= 11 is 0. The second-order valence-corrected chi connectivity index (χ2v) is 9.21. The molecule has 8 nitrogen and oxygen atoms in total. The lowest BCUT2D eigenvalue weighted by Crippen LogP contribution is -2.51. The second kappa shape index (κ2) is 11.5. The Morgan fingerprint density at radius 3 is 2.37 bits per heavy atom. The van der Waals surface area contributed by atoms with Gasteiger partial charge in [0.2, 0.25) is 11.8 Å². The number of amides is 3. The number of benzene rings is 2. The smallest absolute Gasteiger partial charge is 0.408 e. The van der Waals surface area contributed by atoms with Crippen molar-refractivity contribution in [3.8, 4) is 6.07 Å². The lowest BCUT2D eigenvalue weighted by molar-refractivity contribution is -0.134. The minimum Gasteiger partial charge on any atom is -0.445 e. The van der Waals surface area contributed by atoms with Crippen LogP contribution >= 0.6 is 0 Å². The Morgan fingerprint density at radius 2 is 1.74 bits per heavy atom. The van der Waals surface area contributed by atoms with Crippen LogP contribution < -0.4 is 10.6 Å². The van der Waals surface area contributed by atoms with Crippen LogP contribution in [-0.2, 0) is 20.9 Å². The average molecular weight is 475 g/mol. The summed E-state index contributed by atoms with van der Waals surface area (Å²) in [4.78, 5) is 40.3. The summed E-state index contributed by atoms with van der Waals surface area (Å²) in [6.45, 7) is 0.237. The number of rotatable bonds is 8. The fourth-order valence-electron chi connectivity index (χ4n) is 4.55. The molecule has 0 radical (unpaired) electrons. The van der Waals surface area contributed by atoms with E-state index >= 15 is 0 Å². The van der Waals surface area contributed by atoms with Crippen molar-refractivity contribution in [2.24, 2.45) is 11.8 Å². The first kappa shape index (κ1) is 24.3. The second-order valence-electron chi connectivity index (χ2n) is 9.21. The van der Waals surface area contributed by atoms with Crippen LogP contribution in [0.25, 0.3) is 0 Å². The molecule has 1 saturated carbocycles. The predicted molar refractivity (Wildman–Crippen MR) is 130 cm³/mol. The minimum atomic E-state index is -0.796. The van der Waals surface area contributed by atoms with Crippen molar-refractivity contribution >= 4 is 23.6 Å². The summed E-state index contributed by atoms with van der Waals surface area (Å²) in [6.07, 6.45) is 3.21. The van der Waals surface area contributed by atoms with Gasteiger partial charge in [-0.25, -0.2) is 4.79 Å². The van der Waals surface area contributed by atoms with Crippen LogP contribution in [0.3, 0.4) is 0 Å². The Labute approximate surface area is 205 Å². The molecule has 1 saturated heterocycles. The van der Waals surface area contributed by atoms with E-state index < -0.39 is 24.1 Å². The van der Waals surface area contributed by atoms with Crippen molar-refractivity contribution in [1.29, 1.82) is 5.26 Å². The van der Waals surface area contributed by atoms with E-state index in [1.54, 1.807) is 12.1 Å². The van der Waals surface area contributed by atoms with Crippen molar-refractivity contribution in [2.75, 3.05) is 11.9 Å². The first-order chi connectivity index (χ1) is 17.0. The SMILES string of the molecule is N#CC1CC(C(=O)Nc2ccccc2)CN1C(=O)C(CC1CCC1)NC(=O)OCc1ccccc1. The zero-order valence-corrected chi connectivity index (χ0v) is 19.6. The van der Waals surface area contributed by atoms with E-state index in [1.165, 1.54) is 4.90 Å². The lowest BCUT2D eigenvalue weighted by Gasteiger charge is -2.32. The third-order valence-electron chi connectivity index (χ3n) is 6.74. The number of ether oxygens (including phenoxy) is 1. The van der Waals surface area contributed by atoms with Crippen LogP contribution in [0.15, 0.2) is 60.7 Å². The highest BCUT2D eigenvalue weighted by Gasteiger charge is 2.42. The highest BCUT2D eigenvalue weighted by Crippen LogP contribution is 2.32. The molecule has 0 aromatic heterocycles. The van der Waals surface area contributed by atoms with Crippen molar-refractivity contribution in [2.45, 2.75) is 50.8 Å².